The maximum atomic E-state index is 15.2. The number of piperidine rings is 1. The quantitative estimate of drug-likeness (QED) is 0.0292. The number of aliphatic carboxylic acids is 3. The fourth-order valence-electron chi connectivity index (χ4n) is 10.2. The zero-order valence-corrected chi connectivity index (χ0v) is 57.5. The van der Waals surface area contributed by atoms with Crippen molar-refractivity contribution in [2.75, 3.05) is 32.7 Å². The van der Waals surface area contributed by atoms with E-state index in [4.69, 9.17) is 11.5 Å². The van der Waals surface area contributed by atoms with Gasteiger partial charge in [0, 0.05) is 32.1 Å². The number of carboxylic acid groups (broad SMARTS) is 3. The number of nitrogens with two attached hydrogens (primary N) is 2. The standard InChI is InChI=1S/C57H92N14O18.2Ca/c1-8-30(4)18-13-11-9-10-12-14-21-39(72)64-36(26-58)50(81)69-47-33(7)62-51(82)38-20-17-23-71(38)55(86)44(29(2)3)67-54(85)46(32(6)59)66-41(74)28-61-48(79)34(24-42(75)76)63-40(73)27-60-49(80)35(25-43(77)78)65-53(84)45(31(5)57(88)89)68-52(83)37-19-15-16-22-70(37)56(47)87;;/h12,14,29-38,44-47H,8-11,13,15-28,58-59H2,1-7H3,(H,60,80)(H,61,79)(H,62,82)(H,63,73)(H,64,72)(H,65,84)(H,66,74)(H,67,85)(H,68,83)(H,69,81)(H,75,76)(H,77,78)(H,88,89);;/q;2*+2/b14-12+;;. The molecular weight excluding hydrogens is 1250 g/mol. The van der Waals surface area contributed by atoms with E-state index >= 15 is 4.79 Å². The molecular formula is C57H92Ca2N14O18+4. The van der Waals surface area contributed by atoms with Gasteiger partial charge in [-0.1, -0.05) is 65.5 Å². The van der Waals surface area contributed by atoms with Crippen molar-refractivity contribution in [2.24, 2.45) is 29.2 Å². The Hall–Kier alpha value is -5.77. The van der Waals surface area contributed by atoms with E-state index in [1.165, 1.54) is 18.7 Å². The summed E-state index contributed by atoms with van der Waals surface area (Å²) in [6.45, 7) is 8.56. The normalized spacial score (nSPS) is 25.4. The molecule has 34 heteroatoms. The molecule has 0 aromatic heterocycles. The van der Waals surface area contributed by atoms with Crippen LogP contribution in [0, 0.1) is 17.8 Å². The minimum Gasteiger partial charge on any atom is -0.481 e. The fraction of sp³-hybridized carbons (Fsp3) is 0.702. The fourth-order valence-corrected chi connectivity index (χ4v) is 10.2. The van der Waals surface area contributed by atoms with Gasteiger partial charge in [0.1, 0.15) is 54.4 Å². The Balaban J connectivity index is 0.0000207. The van der Waals surface area contributed by atoms with E-state index in [1.807, 2.05) is 11.4 Å². The number of hydrogen-bond donors (Lipinski definition) is 15. The molecule has 32 nitrogen and oxygen atoms in total. The first-order valence-electron chi connectivity index (χ1n) is 30.3. The first kappa shape index (κ1) is 83.2. The Morgan fingerprint density at radius 2 is 1.15 bits per heavy atom. The van der Waals surface area contributed by atoms with Gasteiger partial charge in [-0.25, -0.2) is 0 Å². The van der Waals surface area contributed by atoms with E-state index < -0.39 is 200 Å². The molecule has 17 N–H and O–H groups in total. The van der Waals surface area contributed by atoms with Crippen LogP contribution in [-0.2, 0) is 71.9 Å². The molecule has 0 saturated carbocycles. The van der Waals surface area contributed by atoms with Gasteiger partial charge in [0.2, 0.25) is 70.9 Å². The molecule has 3 aliphatic heterocycles. The number of nitrogens with one attached hydrogen (secondary N) is 10. The first-order valence-corrected chi connectivity index (χ1v) is 30.3. The second kappa shape index (κ2) is 41.7. The number of amides is 12. The minimum absolute atomic E-state index is 0. The summed E-state index contributed by atoms with van der Waals surface area (Å²) in [6, 6.07) is -17.6. The zero-order chi connectivity index (χ0) is 66.8. The molecule has 91 heavy (non-hydrogen) atoms. The van der Waals surface area contributed by atoms with E-state index in [-0.39, 0.29) is 127 Å². The van der Waals surface area contributed by atoms with Crippen LogP contribution >= 0.6 is 0 Å². The summed E-state index contributed by atoms with van der Waals surface area (Å²) in [6.07, 6.45) is 7.85. The number of carbonyl (C=O) groups is 15. The van der Waals surface area contributed by atoms with E-state index in [2.05, 4.69) is 61.7 Å². The van der Waals surface area contributed by atoms with Crippen molar-refractivity contribution in [1.29, 1.82) is 0 Å². The second-order valence-corrected chi connectivity index (χ2v) is 23.3. The molecule has 3 saturated heterocycles. The van der Waals surface area contributed by atoms with Crippen molar-refractivity contribution in [1.82, 2.24) is 63.0 Å². The molecule has 12 amide bonds. The average molecular weight is 1340 g/mol. The zero-order valence-electron chi connectivity index (χ0n) is 53.1. The average Bonchev–Trinajstić information content (AvgIpc) is 1.79. The van der Waals surface area contributed by atoms with Crippen molar-refractivity contribution >= 4 is 164 Å². The van der Waals surface area contributed by atoms with Crippen LogP contribution in [-0.4, -0.2) is 289 Å². The molecule has 3 rings (SSSR count). The monoisotopic (exact) mass is 1340 g/mol. The molecule has 498 valence electrons. The van der Waals surface area contributed by atoms with Crippen LogP contribution in [0.2, 0.25) is 0 Å². The van der Waals surface area contributed by atoms with Gasteiger partial charge in [0.05, 0.1) is 37.9 Å². The number of hydrogen-bond acceptors (Lipinski definition) is 17. The Bertz CT molecular complexity index is 2620. The molecule has 13 atom stereocenters. The van der Waals surface area contributed by atoms with Crippen molar-refractivity contribution < 1.29 is 87.2 Å². The summed E-state index contributed by atoms with van der Waals surface area (Å²) in [7, 11) is 0. The molecule has 3 fully saturated rings. The van der Waals surface area contributed by atoms with Crippen LogP contribution < -0.4 is 64.6 Å². The number of allylic oxidation sites excluding steroid dienone is 1. The van der Waals surface area contributed by atoms with Crippen LogP contribution in [0.4, 0.5) is 0 Å². The maximum absolute atomic E-state index is 15.2. The maximum Gasteiger partial charge on any atom is 2.00 e. The Morgan fingerprint density at radius 3 is 1.70 bits per heavy atom. The number of carbonyl (C=O) groups excluding carboxylic acids is 12. The third-order valence-corrected chi connectivity index (χ3v) is 15.7. The second-order valence-electron chi connectivity index (χ2n) is 23.3. The topological polar surface area (TPSA) is 496 Å². The number of carboxylic acids is 3. The van der Waals surface area contributed by atoms with Crippen LogP contribution in [0.3, 0.4) is 0 Å². The molecule has 3 heterocycles. The molecule has 13 unspecified atom stereocenters. The number of rotatable bonds is 21. The Labute approximate surface area is 588 Å². The molecule has 0 spiro atoms. The van der Waals surface area contributed by atoms with Gasteiger partial charge in [-0.05, 0) is 77.6 Å². The molecule has 0 aromatic carbocycles. The molecule has 0 radical (unpaired) electrons. The summed E-state index contributed by atoms with van der Waals surface area (Å²) in [4.78, 5) is 206. The van der Waals surface area contributed by atoms with Crippen LogP contribution in [0.15, 0.2) is 12.2 Å². The first-order chi connectivity index (χ1) is 41.9. The predicted octanol–water partition coefficient (Wildman–Crippen LogP) is -4.68. The Kier molecular flexibility index (Phi) is 38.2. The Morgan fingerprint density at radius 1 is 0.626 bits per heavy atom. The number of nitrogens with zero attached hydrogens (tertiary/aromatic N) is 2. The minimum atomic E-state index is -2.10. The van der Waals surface area contributed by atoms with E-state index in [1.54, 1.807) is 19.9 Å². The van der Waals surface area contributed by atoms with Crippen molar-refractivity contribution in [2.45, 2.75) is 205 Å². The van der Waals surface area contributed by atoms with E-state index in [0.717, 1.165) is 50.3 Å². The third kappa shape index (κ3) is 27.4. The molecule has 0 aromatic rings. The van der Waals surface area contributed by atoms with Gasteiger partial charge >= 0.3 is 93.4 Å². The van der Waals surface area contributed by atoms with E-state index in [9.17, 15) is 82.4 Å². The molecule has 3 aliphatic rings. The van der Waals surface area contributed by atoms with Gasteiger partial charge in [-0.15, -0.1) is 0 Å². The largest absolute Gasteiger partial charge is 2.00 e. The molecule has 0 bridgehead atoms. The van der Waals surface area contributed by atoms with E-state index in [0.29, 0.717) is 5.92 Å². The van der Waals surface area contributed by atoms with Gasteiger partial charge in [0.25, 0.3) is 0 Å². The van der Waals surface area contributed by atoms with Gasteiger partial charge < -0.3 is 89.8 Å². The number of fused-ring (bicyclic) bond motifs is 2. The summed E-state index contributed by atoms with van der Waals surface area (Å²) in [5.74, 6) is -19.3. The third-order valence-electron chi connectivity index (χ3n) is 15.7. The summed E-state index contributed by atoms with van der Waals surface area (Å²) < 4.78 is 0. The summed E-state index contributed by atoms with van der Waals surface area (Å²) >= 11 is 0. The summed E-state index contributed by atoms with van der Waals surface area (Å²) in [5.41, 5.74) is 12.1. The van der Waals surface area contributed by atoms with Crippen LogP contribution in [0.25, 0.3) is 0 Å². The van der Waals surface area contributed by atoms with Crippen LogP contribution in [0.5, 0.6) is 0 Å². The van der Waals surface area contributed by atoms with Gasteiger partial charge in [-0.3, -0.25) is 71.9 Å². The summed E-state index contributed by atoms with van der Waals surface area (Å²) in [5, 5.41) is 52.8. The number of unbranched alkanes of at least 4 members (excludes halogenated alkanes) is 3. The van der Waals surface area contributed by atoms with Gasteiger partial charge in [0.15, 0.2) is 0 Å². The SMILES string of the molecule is CCC(C)CCCCC/C=C/CC(=O)NC(CN)C(=O)NC1C(=O)N2CCCCC2C(=O)NC(C(C)C(=O)O)C(=O)NC(CC(=O)O)C(=O)NCC(=O)NC(CC(=O)O)C(=O)NCC(=O)NC(C(C)N)C(=O)NC(C(C)C)C(=O)N2CCCC2C(=O)NC1C.[Ca+2].[Ca+2]. The molecule has 0 aliphatic carbocycles. The van der Waals surface area contributed by atoms with Crippen molar-refractivity contribution in [3.8, 4) is 0 Å². The van der Waals surface area contributed by atoms with Crippen molar-refractivity contribution in [3.05, 3.63) is 12.2 Å². The smallest absolute Gasteiger partial charge is 0.481 e. The van der Waals surface area contributed by atoms with Crippen molar-refractivity contribution in [3.63, 3.8) is 0 Å². The van der Waals surface area contributed by atoms with Crippen LogP contribution in [0.1, 0.15) is 138 Å². The van der Waals surface area contributed by atoms with Gasteiger partial charge in [-0.2, -0.15) is 0 Å². The predicted molar refractivity (Wildman–Crippen MR) is 328 cm³/mol.